The zero-order chi connectivity index (χ0) is 14.8. The third-order valence-electron chi connectivity index (χ3n) is 3.14. The van der Waals surface area contributed by atoms with Crippen molar-refractivity contribution in [2.45, 2.75) is 32.4 Å². The fraction of sp³-hybridized carbons (Fsp3) is 0.533. The highest BCUT2D eigenvalue weighted by atomic mass is 79.9. The van der Waals surface area contributed by atoms with Crippen molar-refractivity contribution in [1.29, 1.82) is 0 Å². The molecule has 110 valence electrons. The number of hydrogen-bond donors (Lipinski definition) is 1. The number of nitrogens with zero attached hydrogens (tertiary/aromatic N) is 1. The van der Waals surface area contributed by atoms with Crippen LogP contribution >= 0.6 is 15.9 Å². The van der Waals surface area contributed by atoms with Crippen LogP contribution in [0.1, 0.15) is 32.4 Å². The summed E-state index contributed by atoms with van der Waals surface area (Å²) < 4.78 is 6.53. The minimum Gasteiger partial charge on any atom is -0.444 e. The normalized spacial score (nSPS) is 19.8. The molecule has 0 radical (unpaired) electrons. The molecular weight excluding hydrogens is 320 g/mol. The molecule has 1 atom stereocenters. The zero-order valence-electron chi connectivity index (χ0n) is 12.1. The molecule has 1 heterocycles. The lowest BCUT2D eigenvalue weighted by atomic mass is 10.0. The van der Waals surface area contributed by atoms with Crippen molar-refractivity contribution in [2.75, 3.05) is 19.6 Å². The number of ether oxygens (including phenoxy) is 1. The van der Waals surface area contributed by atoms with E-state index in [-0.39, 0.29) is 12.1 Å². The van der Waals surface area contributed by atoms with Crippen molar-refractivity contribution in [3.8, 4) is 0 Å². The molecule has 20 heavy (non-hydrogen) atoms. The second-order valence-electron chi connectivity index (χ2n) is 5.92. The lowest BCUT2D eigenvalue weighted by Crippen LogP contribution is -2.50. The molecule has 1 aliphatic heterocycles. The number of carbonyl (C=O) groups is 1. The van der Waals surface area contributed by atoms with Gasteiger partial charge in [-0.2, -0.15) is 0 Å². The quantitative estimate of drug-likeness (QED) is 0.852. The minimum atomic E-state index is -0.472. The molecule has 1 saturated heterocycles. The highest BCUT2D eigenvalue weighted by Crippen LogP contribution is 2.29. The van der Waals surface area contributed by atoms with Crippen LogP contribution in [-0.4, -0.2) is 36.2 Å². The van der Waals surface area contributed by atoms with Gasteiger partial charge in [0, 0.05) is 24.1 Å². The van der Waals surface area contributed by atoms with E-state index in [9.17, 15) is 4.79 Å². The molecule has 1 aromatic carbocycles. The van der Waals surface area contributed by atoms with Gasteiger partial charge >= 0.3 is 6.09 Å². The maximum absolute atomic E-state index is 12.4. The van der Waals surface area contributed by atoms with Crippen molar-refractivity contribution < 1.29 is 9.53 Å². The first-order chi connectivity index (χ1) is 9.38. The summed E-state index contributed by atoms with van der Waals surface area (Å²) in [5.41, 5.74) is 0.631. The van der Waals surface area contributed by atoms with Crippen molar-refractivity contribution in [3.63, 3.8) is 0 Å². The number of rotatable bonds is 1. The number of piperazine rings is 1. The first-order valence-corrected chi connectivity index (χ1v) is 7.62. The fourth-order valence-corrected chi connectivity index (χ4v) is 2.82. The number of hydrogen-bond acceptors (Lipinski definition) is 3. The first-order valence-electron chi connectivity index (χ1n) is 6.83. The van der Waals surface area contributed by atoms with Gasteiger partial charge in [-0.25, -0.2) is 4.79 Å². The molecule has 0 bridgehead atoms. The maximum Gasteiger partial charge on any atom is 0.410 e. The van der Waals surface area contributed by atoms with E-state index in [4.69, 9.17) is 4.74 Å². The predicted molar refractivity (Wildman–Crippen MR) is 82.7 cm³/mol. The van der Waals surface area contributed by atoms with Crippen LogP contribution < -0.4 is 5.32 Å². The summed E-state index contributed by atoms with van der Waals surface area (Å²) in [6, 6.07) is 7.99. The van der Waals surface area contributed by atoms with E-state index >= 15 is 0 Å². The van der Waals surface area contributed by atoms with Crippen molar-refractivity contribution >= 4 is 22.0 Å². The van der Waals surface area contributed by atoms with E-state index in [1.54, 1.807) is 0 Å². The van der Waals surface area contributed by atoms with Gasteiger partial charge in [0.2, 0.25) is 0 Å². The smallest absolute Gasteiger partial charge is 0.410 e. The Hall–Kier alpha value is -1.07. The Morgan fingerprint density at radius 1 is 1.40 bits per heavy atom. The minimum absolute atomic E-state index is 0.00539. The van der Waals surface area contributed by atoms with Gasteiger partial charge in [0.15, 0.2) is 0 Å². The van der Waals surface area contributed by atoms with E-state index in [1.165, 1.54) is 0 Å². The Balaban J connectivity index is 2.22. The lowest BCUT2D eigenvalue weighted by Gasteiger charge is -2.37. The summed E-state index contributed by atoms with van der Waals surface area (Å²) in [4.78, 5) is 14.2. The van der Waals surface area contributed by atoms with E-state index in [1.807, 2.05) is 49.9 Å². The standard InChI is InChI=1S/C15H21BrN2O2/c1-15(2,3)20-14(19)18-9-8-17-10-13(18)11-6-4-5-7-12(11)16/h4-7,13,17H,8-10H2,1-3H3. The molecule has 0 saturated carbocycles. The van der Waals surface area contributed by atoms with Crippen LogP contribution in [-0.2, 0) is 4.74 Å². The highest BCUT2D eigenvalue weighted by Gasteiger charge is 2.32. The monoisotopic (exact) mass is 340 g/mol. The number of benzene rings is 1. The van der Waals surface area contributed by atoms with Crippen LogP contribution in [0, 0.1) is 0 Å². The summed E-state index contributed by atoms with van der Waals surface area (Å²) in [5.74, 6) is 0. The molecule has 0 spiro atoms. The van der Waals surface area contributed by atoms with Crippen LogP contribution in [0.3, 0.4) is 0 Å². The Kier molecular flexibility index (Phi) is 4.70. The molecule has 1 aromatic rings. The number of amides is 1. The van der Waals surface area contributed by atoms with Crippen LogP contribution in [0.2, 0.25) is 0 Å². The third-order valence-corrected chi connectivity index (χ3v) is 3.86. The molecule has 5 heteroatoms. The summed E-state index contributed by atoms with van der Waals surface area (Å²) in [6.45, 7) is 7.85. The Bertz CT molecular complexity index is 485. The van der Waals surface area contributed by atoms with Crippen molar-refractivity contribution in [2.24, 2.45) is 0 Å². The SMILES string of the molecule is CC(C)(C)OC(=O)N1CCNCC1c1ccccc1Br. The van der Waals surface area contributed by atoms with Crippen molar-refractivity contribution in [1.82, 2.24) is 10.2 Å². The van der Waals surface area contributed by atoms with E-state index in [0.717, 1.165) is 23.1 Å². The Morgan fingerprint density at radius 3 is 2.75 bits per heavy atom. The summed E-state index contributed by atoms with van der Waals surface area (Å²) >= 11 is 3.56. The van der Waals surface area contributed by atoms with Gasteiger partial charge in [-0.1, -0.05) is 34.1 Å². The van der Waals surface area contributed by atoms with E-state index in [0.29, 0.717) is 6.54 Å². The molecule has 1 amide bonds. The van der Waals surface area contributed by atoms with Gasteiger partial charge in [0.25, 0.3) is 0 Å². The van der Waals surface area contributed by atoms with Gasteiger partial charge in [-0.3, -0.25) is 4.90 Å². The second-order valence-corrected chi connectivity index (χ2v) is 6.77. The molecule has 1 N–H and O–H groups in total. The van der Waals surface area contributed by atoms with Crippen LogP contribution in [0.25, 0.3) is 0 Å². The lowest BCUT2D eigenvalue weighted by molar-refractivity contribution is 0.0117. The van der Waals surface area contributed by atoms with Gasteiger partial charge < -0.3 is 10.1 Å². The molecule has 1 fully saturated rings. The molecule has 2 rings (SSSR count). The molecule has 1 aliphatic rings. The largest absolute Gasteiger partial charge is 0.444 e. The average molecular weight is 341 g/mol. The third kappa shape index (κ3) is 3.73. The Labute approximate surface area is 128 Å². The van der Waals surface area contributed by atoms with Gasteiger partial charge in [-0.15, -0.1) is 0 Å². The molecule has 4 nitrogen and oxygen atoms in total. The zero-order valence-corrected chi connectivity index (χ0v) is 13.7. The molecule has 1 unspecified atom stereocenters. The molecule has 0 aromatic heterocycles. The molecule has 0 aliphatic carbocycles. The highest BCUT2D eigenvalue weighted by molar-refractivity contribution is 9.10. The number of nitrogens with one attached hydrogen (secondary N) is 1. The van der Waals surface area contributed by atoms with Crippen LogP contribution in [0.5, 0.6) is 0 Å². The Morgan fingerprint density at radius 2 is 2.10 bits per heavy atom. The summed E-state index contributed by atoms with van der Waals surface area (Å²) in [6.07, 6.45) is -0.250. The van der Waals surface area contributed by atoms with Gasteiger partial charge in [0.05, 0.1) is 6.04 Å². The van der Waals surface area contributed by atoms with Crippen LogP contribution in [0.15, 0.2) is 28.7 Å². The maximum atomic E-state index is 12.4. The number of carbonyl (C=O) groups excluding carboxylic acids is 1. The summed E-state index contributed by atoms with van der Waals surface area (Å²) in [5, 5.41) is 3.34. The average Bonchev–Trinajstić information content (AvgIpc) is 2.37. The summed E-state index contributed by atoms with van der Waals surface area (Å²) in [7, 11) is 0. The van der Waals surface area contributed by atoms with Gasteiger partial charge in [0.1, 0.15) is 5.60 Å². The van der Waals surface area contributed by atoms with Crippen LogP contribution in [0.4, 0.5) is 4.79 Å². The molecular formula is C15H21BrN2O2. The topological polar surface area (TPSA) is 41.6 Å². The van der Waals surface area contributed by atoms with E-state index in [2.05, 4.69) is 21.2 Å². The number of halogens is 1. The van der Waals surface area contributed by atoms with Gasteiger partial charge in [-0.05, 0) is 32.4 Å². The van der Waals surface area contributed by atoms with E-state index < -0.39 is 5.60 Å². The predicted octanol–water partition coefficient (Wildman–Crippen LogP) is 3.33. The first kappa shape index (κ1) is 15.3. The van der Waals surface area contributed by atoms with Crippen molar-refractivity contribution in [3.05, 3.63) is 34.3 Å². The fourth-order valence-electron chi connectivity index (χ4n) is 2.27. The second kappa shape index (κ2) is 6.14.